The molecule has 0 bridgehead atoms. The number of amides is 1. The van der Waals surface area contributed by atoms with Gasteiger partial charge in [0.1, 0.15) is 18.4 Å². The molecule has 1 aromatic heterocycles. The van der Waals surface area contributed by atoms with Gasteiger partial charge >= 0.3 is 5.97 Å². The Morgan fingerprint density at radius 3 is 2.58 bits per heavy atom. The van der Waals surface area contributed by atoms with Crippen molar-refractivity contribution < 1.29 is 19.1 Å². The number of benzene rings is 2. The maximum absolute atomic E-state index is 12.2. The summed E-state index contributed by atoms with van der Waals surface area (Å²) in [7, 11) is 1.59. The number of anilines is 2. The zero-order valence-electron chi connectivity index (χ0n) is 17.2. The number of rotatable bonds is 9. The van der Waals surface area contributed by atoms with Gasteiger partial charge in [0.15, 0.2) is 5.13 Å². The number of ether oxygens (including phenoxy) is 2. The fraction of sp³-hybridized carbons (Fsp3) is 0.174. The average Bonchev–Trinajstić information content (AvgIpc) is 3.24. The lowest BCUT2D eigenvalue weighted by Gasteiger charge is -2.11. The molecule has 160 valence electrons. The number of methoxy groups -OCH3 is 1. The lowest BCUT2D eigenvalue weighted by molar-refractivity contribution is -0.148. The highest BCUT2D eigenvalue weighted by molar-refractivity contribution is 7.13. The predicted octanol–water partition coefficient (Wildman–Crippen LogP) is 4.16. The third-order valence-electron chi connectivity index (χ3n) is 4.19. The van der Waals surface area contributed by atoms with Crippen molar-refractivity contribution in [1.82, 2.24) is 10.3 Å². The van der Waals surface area contributed by atoms with Crippen molar-refractivity contribution in [2.45, 2.75) is 19.6 Å². The van der Waals surface area contributed by atoms with Crippen molar-refractivity contribution in [1.29, 1.82) is 0 Å². The molecular formula is C23H23N3O4S. The number of carbonyl (C=O) groups excluding carboxylic acids is 2. The van der Waals surface area contributed by atoms with E-state index in [1.807, 2.05) is 47.8 Å². The Balaban J connectivity index is 1.43. The molecule has 0 saturated carbocycles. The highest BCUT2D eigenvalue weighted by Gasteiger charge is 2.16. The van der Waals surface area contributed by atoms with Crippen molar-refractivity contribution in [3.63, 3.8) is 0 Å². The normalized spacial score (nSPS) is 11.7. The topological polar surface area (TPSA) is 89.5 Å². The Morgan fingerprint density at radius 2 is 1.87 bits per heavy atom. The number of aromatic nitrogens is 1. The minimum absolute atomic E-state index is 0.0354. The molecular weight excluding hydrogens is 414 g/mol. The summed E-state index contributed by atoms with van der Waals surface area (Å²) >= 11 is 1.42. The van der Waals surface area contributed by atoms with Crippen LogP contribution in [-0.2, 0) is 20.9 Å². The second-order valence-electron chi connectivity index (χ2n) is 6.58. The van der Waals surface area contributed by atoms with Gasteiger partial charge in [0.2, 0.25) is 5.91 Å². The first-order chi connectivity index (χ1) is 15.0. The van der Waals surface area contributed by atoms with Gasteiger partial charge in [0, 0.05) is 17.1 Å². The zero-order chi connectivity index (χ0) is 22.1. The molecule has 0 radical (unpaired) electrons. The minimum Gasteiger partial charge on any atom is -0.497 e. The standard InChI is InChI=1S/C23H23N3O4S/c1-16(24-21(27)13-10-17-8-11-20(29-2)12-9-17)22(28)30-14-19-15-31-23(26-19)25-18-6-4-3-5-7-18/h3-13,15-16H,14H2,1-2H3,(H,24,27)(H,25,26)/b13-10+/t16-/m0/s1. The summed E-state index contributed by atoms with van der Waals surface area (Å²) in [6.07, 6.45) is 3.02. The second-order valence-corrected chi connectivity index (χ2v) is 7.44. The number of carbonyl (C=O) groups is 2. The van der Waals surface area contributed by atoms with Crippen LogP contribution in [0.2, 0.25) is 0 Å². The van der Waals surface area contributed by atoms with Gasteiger partial charge in [0.25, 0.3) is 0 Å². The van der Waals surface area contributed by atoms with E-state index in [1.54, 1.807) is 32.2 Å². The van der Waals surface area contributed by atoms with Crippen molar-refractivity contribution in [2.24, 2.45) is 0 Å². The summed E-state index contributed by atoms with van der Waals surface area (Å²) in [6.45, 7) is 1.61. The van der Waals surface area contributed by atoms with Gasteiger partial charge in [-0.15, -0.1) is 11.3 Å². The van der Waals surface area contributed by atoms with E-state index in [9.17, 15) is 9.59 Å². The van der Waals surface area contributed by atoms with Crippen LogP contribution in [0.4, 0.5) is 10.8 Å². The van der Waals surface area contributed by atoms with Crippen LogP contribution in [-0.4, -0.2) is 30.0 Å². The molecule has 0 aliphatic carbocycles. The zero-order valence-corrected chi connectivity index (χ0v) is 18.0. The number of hydrogen-bond donors (Lipinski definition) is 2. The van der Waals surface area contributed by atoms with E-state index in [0.29, 0.717) is 10.8 Å². The Labute approximate surface area is 184 Å². The quantitative estimate of drug-likeness (QED) is 0.386. The summed E-state index contributed by atoms with van der Waals surface area (Å²) in [6, 6.07) is 16.2. The summed E-state index contributed by atoms with van der Waals surface area (Å²) in [5.41, 5.74) is 2.41. The number of thiazole rings is 1. The molecule has 1 amide bonds. The van der Waals surface area contributed by atoms with E-state index in [-0.39, 0.29) is 12.5 Å². The summed E-state index contributed by atoms with van der Waals surface area (Å²) in [5.74, 6) is -0.180. The molecule has 0 aliphatic heterocycles. The summed E-state index contributed by atoms with van der Waals surface area (Å²) in [5, 5.41) is 8.31. The third-order valence-corrected chi connectivity index (χ3v) is 5.00. The largest absolute Gasteiger partial charge is 0.497 e. The van der Waals surface area contributed by atoms with Gasteiger partial charge in [-0.1, -0.05) is 30.3 Å². The highest BCUT2D eigenvalue weighted by Crippen LogP contribution is 2.21. The molecule has 0 spiro atoms. The number of nitrogens with one attached hydrogen (secondary N) is 2. The Kier molecular flexibility index (Phi) is 7.78. The molecule has 0 fully saturated rings. The van der Waals surface area contributed by atoms with Crippen molar-refractivity contribution >= 4 is 40.1 Å². The lowest BCUT2D eigenvalue weighted by atomic mass is 10.2. The lowest BCUT2D eigenvalue weighted by Crippen LogP contribution is -2.38. The SMILES string of the molecule is COc1ccc(/C=C/C(=O)N[C@@H](C)C(=O)OCc2csc(Nc3ccccc3)n2)cc1. The van der Waals surface area contributed by atoms with Crippen LogP contribution < -0.4 is 15.4 Å². The van der Waals surface area contributed by atoms with Crippen molar-refractivity contribution in [3.05, 3.63) is 77.3 Å². The summed E-state index contributed by atoms with van der Waals surface area (Å²) in [4.78, 5) is 28.6. The second kappa shape index (κ2) is 10.9. The van der Waals surface area contributed by atoms with Crippen molar-refractivity contribution in [3.8, 4) is 5.75 Å². The third kappa shape index (κ3) is 6.97. The number of para-hydroxylation sites is 1. The van der Waals surface area contributed by atoms with Crippen LogP contribution in [0.5, 0.6) is 5.75 Å². The van der Waals surface area contributed by atoms with Crippen LogP contribution in [0, 0.1) is 0 Å². The van der Waals surface area contributed by atoms with Crippen molar-refractivity contribution in [2.75, 3.05) is 12.4 Å². The van der Waals surface area contributed by atoms with Crippen LogP contribution in [0.3, 0.4) is 0 Å². The Hall–Kier alpha value is -3.65. The van der Waals surface area contributed by atoms with Gasteiger partial charge in [-0.2, -0.15) is 0 Å². The molecule has 0 unspecified atom stereocenters. The molecule has 1 heterocycles. The van der Waals surface area contributed by atoms with Crippen LogP contribution >= 0.6 is 11.3 Å². The molecule has 2 aromatic carbocycles. The minimum atomic E-state index is -0.784. The maximum Gasteiger partial charge on any atom is 0.328 e. The van der Waals surface area contributed by atoms with E-state index in [4.69, 9.17) is 9.47 Å². The molecule has 0 aliphatic rings. The predicted molar refractivity (Wildman–Crippen MR) is 121 cm³/mol. The van der Waals surface area contributed by atoms with Gasteiger partial charge in [0.05, 0.1) is 12.8 Å². The van der Waals surface area contributed by atoms with Gasteiger partial charge < -0.3 is 20.1 Å². The molecule has 8 heteroatoms. The fourth-order valence-corrected chi connectivity index (χ4v) is 3.27. The first kappa shape index (κ1) is 22.0. The maximum atomic E-state index is 12.2. The molecule has 7 nitrogen and oxygen atoms in total. The monoisotopic (exact) mass is 437 g/mol. The smallest absolute Gasteiger partial charge is 0.328 e. The molecule has 2 N–H and O–H groups in total. The first-order valence-corrected chi connectivity index (χ1v) is 10.5. The van der Waals surface area contributed by atoms with Crippen LogP contribution in [0.25, 0.3) is 6.08 Å². The molecule has 0 saturated heterocycles. The molecule has 1 atom stereocenters. The van der Waals surface area contributed by atoms with Gasteiger partial charge in [-0.25, -0.2) is 9.78 Å². The van der Waals surface area contributed by atoms with Crippen LogP contribution in [0.1, 0.15) is 18.2 Å². The van der Waals surface area contributed by atoms with E-state index >= 15 is 0 Å². The van der Waals surface area contributed by atoms with E-state index in [1.165, 1.54) is 17.4 Å². The Morgan fingerprint density at radius 1 is 1.13 bits per heavy atom. The van der Waals surface area contributed by atoms with Crippen LogP contribution in [0.15, 0.2) is 66.1 Å². The molecule has 3 rings (SSSR count). The number of hydrogen-bond acceptors (Lipinski definition) is 7. The first-order valence-electron chi connectivity index (χ1n) is 9.59. The number of nitrogens with zero attached hydrogens (tertiary/aromatic N) is 1. The molecule has 31 heavy (non-hydrogen) atoms. The van der Waals surface area contributed by atoms with E-state index < -0.39 is 12.0 Å². The van der Waals surface area contributed by atoms with E-state index in [2.05, 4.69) is 15.6 Å². The summed E-state index contributed by atoms with van der Waals surface area (Å²) < 4.78 is 10.4. The highest BCUT2D eigenvalue weighted by atomic mass is 32.1. The fourth-order valence-electron chi connectivity index (χ4n) is 2.55. The number of esters is 1. The Bertz CT molecular complexity index is 1030. The van der Waals surface area contributed by atoms with Gasteiger partial charge in [-0.05, 0) is 42.8 Å². The average molecular weight is 438 g/mol. The molecule has 3 aromatic rings. The van der Waals surface area contributed by atoms with E-state index in [0.717, 1.165) is 17.0 Å². The van der Waals surface area contributed by atoms with Gasteiger partial charge in [-0.3, -0.25) is 4.79 Å².